The number of nitrogens with one attached hydrogen (secondary N) is 1. The highest BCUT2D eigenvalue weighted by molar-refractivity contribution is 5.25. The number of nitrogens with zero attached hydrogens (tertiary/aromatic N) is 2. The predicted octanol–water partition coefficient (Wildman–Crippen LogP) is 0.483. The van der Waals surface area contributed by atoms with Crippen LogP contribution in [0, 0.1) is 0 Å². The van der Waals surface area contributed by atoms with Crippen LogP contribution in [0.3, 0.4) is 0 Å². The van der Waals surface area contributed by atoms with Gasteiger partial charge in [-0.25, -0.2) is 9.97 Å². The maximum Gasteiger partial charge on any atom is 0.147 e. The van der Waals surface area contributed by atoms with E-state index in [0.717, 1.165) is 18.8 Å². The van der Waals surface area contributed by atoms with Crippen molar-refractivity contribution in [3.05, 3.63) is 18.1 Å². The van der Waals surface area contributed by atoms with Gasteiger partial charge in [-0.1, -0.05) is 0 Å². The normalized spacial score (nSPS) is 22.8. The van der Waals surface area contributed by atoms with Gasteiger partial charge in [-0.05, 0) is 25.5 Å². The SMILES string of the molecule is Nc1ccnc(C2CCCN2)n1. The van der Waals surface area contributed by atoms with Gasteiger partial charge in [-0.15, -0.1) is 0 Å². The molecule has 1 saturated heterocycles. The van der Waals surface area contributed by atoms with Crippen LogP contribution in [-0.4, -0.2) is 16.5 Å². The van der Waals surface area contributed by atoms with Gasteiger partial charge in [0, 0.05) is 6.20 Å². The van der Waals surface area contributed by atoms with Gasteiger partial charge >= 0.3 is 0 Å². The summed E-state index contributed by atoms with van der Waals surface area (Å²) in [5.41, 5.74) is 5.55. The van der Waals surface area contributed by atoms with Crippen LogP contribution in [0.15, 0.2) is 12.3 Å². The van der Waals surface area contributed by atoms with E-state index in [0.29, 0.717) is 11.9 Å². The van der Waals surface area contributed by atoms with Gasteiger partial charge in [0.2, 0.25) is 0 Å². The van der Waals surface area contributed by atoms with Crippen molar-refractivity contribution in [2.75, 3.05) is 12.3 Å². The lowest BCUT2D eigenvalue weighted by Crippen LogP contribution is -2.16. The van der Waals surface area contributed by atoms with Gasteiger partial charge in [-0.3, -0.25) is 0 Å². The molecule has 12 heavy (non-hydrogen) atoms. The lowest BCUT2D eigenvalue weighted by Gasteiger charge is -2.07. The minimum atomic E-state index is 0.313. The molecule has 1 unspecified atom stereocenters. The van der Waals surface area contributed by atoms with Crippen LogP contribution in [0.4, 0.5) is 5.82 Å². The molecule has 4 nitrogen and oxygen atoms in total. The Kier molecular flexibility index (Phi) is 1.91. The molecule has 4 heteroatoms. The molecule has 0 spiro atoms. The zero-order valence-corrected chi connectivity index (χ0v) is 6.83. The van der Waals surface area contributed by atoms with Crippen molar-refractivity contribution in [2.45, 2.75) is 18.9 Å². The quantitative estimate of drug-likeness (QED) is 0.633. The molecular formula is C8H12N4. The van der Waals surface area contributed by atoms with Gasteiger partial charge in [0.1, 0.15) is 11.6 Å². The maximum absolute atomic E-state index is 5.55. The van der Waals surface area contributed by atoms with Crippen LogP contribution in [0.5, 0.6) is 0 Å². The highest BCUT2D eigenvalue weighted by atomic mass is 15.0. The van der Waals surface area contributed by atoms with Crippen molar-refractivity contribution in [1.82, 2.24) is 15.3 Å². The number of hydrogen-bond acceptors (Lipinski definition) is 4. The Labute approximate surface area is 71.2 Å². The second-order valence-corrected chi connectivity index (χ2v) is 2.99. The summed E-state index contributed by atoms with van der Waals surface area (Å²) in [5, 5.41) is 3.32. The molecule has 0 amide bonds. The smallest absolute Gasteiger partial charge is 0.147 e. The molecule has 1 aliphatic heterocycles. The fourth-order valence-electron chi connectivity index (χ4n) is 1.46. The lowest BCUT2D eigenvalue weighted by molar-refractivity contribution is 0.606. The molecule has 0 aliphatic carbocycles. The van der Waals surface area contributed by atoms with Crippen LogP contribution >= 0.6 is 0 Å². The first kappa shape index (κ1) is 7.49. The van der Waals surface area contributed by atoms with E-state index < -0.39 is 0 Å². The van der Waals surface area contributed by atoms with Crippen LogP contribution in [0.1, 0.15) is 24.7 Å². The summed E-state index contributed by atoms with van der Waals surface area (Å²) in [6.07, 6.45) is 4.02. The largest absolute Gasteiger partial charge is 0.384 e. The van der Waals surface area contributed by atoms with Crippen molar-refractivity contribution in [2.24, 2.45) is 0 Å². The average molecular weight is 164 g/mol. The van der Waals surface area contributed by atoms with Gasteiger partial charge in [-0.2, -0.15) is 0 Å². The Balaban J connectivity index is 2.21. The minimum absolute atomic E-state index is 0.313. The van der Waals surface area contributed by atoms with Crippen LogP contribution < -0.4 is 11.1 Å². The number of nitrogens with two attached hydrogens (primary N) is 1. The maximum atomic E-state index is 5.55. The van der Waals surface area contributed by atoms with Crippen molar-refractivity contribution < 1.29 is 0 Å². The molecule has 1 atom stereocenters. The molecule has 0 aromatic carbocycles. The first-order valence-corrected chi connectivity index (χ1v) is 4.18. The first-order valence-electron chi connectivity index (χ1n) is 4.18. The van der Waals surface area contributed by atoms with Crippen LogP contribution in [0.25, 0.3) is 0 Å². The topological polar surface area (TPSA) is 63.8 Å². The molecule has 64 valence electrons. The zero-order valence-electron chi connectivity index (χ0n) is 6.83. The molecule has 0 radical (unpaired) electrons. The third kappa shape index (κ3) is 1.38. The summed E-state index contributed by atoms with van der Waals surface area (Å²) in [6, 6.07) is 2.02. The van der Waals surface area contributed by atoms with E-state index in [4.69, 9.17) is 5.73 Å². The van der Waals surface area contributed by atoms with Crippen LogP contribution in [-0.2, 0) is 0 Å². The zero-order chi connectivity index (χ0) is 8.39. The fraction of sp³-hybridized carbons (Fsp3) is 0.500. The molecule has 1 aromatic rings. The number of nitrogen functional groups attached to an aromatic ring is 1. The molecule has 0 saturated carbocycles. The predicted molar refractivity (Wildman–Crippen MR) is 46.4 cm³/mol. The van der Waals surface area contributed by atoms with Gasteiger partial charge in [0.25, 0.3) is 0 Å². The first-order chi connectivity index (χ1) is 5.86. The van der Waals surface area contributed by atoms with E-state index in [9.17, 15) is 0 Å². The van der Waals surface area contributed by atoms with Crippen molar-refractivity contribution >= 4 is 5.82 Å². The Morgan fingerprint density at radius 1 is 1.58 bits per heavy atom. The average Bonchev–Trinajstić information content (AvgIpc) is 2.56. The summed E-state index contributed by atoms with van der Waals surface area (Å²) in [5.74, 6) is 1.38. The molecule has 3 N–H and O–H groups in total. The Hall–Kier alpha value is -1.16. The van der Waals surface area contributed by atoms with Crippen molar-refractivity contribution in [3.8, 4) is 0 Å². The molecule has 1 aromatic heterocycles. The molecule has 1 fully saturated rings. The molecular weight excluding hydrogens is 152 g/mol. The summed E-state index contributed by atoms with van der Waals surface area (Å²) in [6.45, 7) is 1.06. The minimum Gasteiger partial charge on any atom is -0.384 e. The molecule has 1 aliphatic rings. The standard InChI is InChI=1S/C8H12N4/c9-7-3-5-11-8(12-7)6-2-1-4-10-6/h3,5-6,10H,1-2,4H2,(H2,9,11,12). The van der Waals surface area contributed by atoms with E-state index >= 15 is 0 Å². The summed E-state index contributed by atoms with van der Waals surface area (Å²) in [4.78, 5) is 8.33. The van der Waals surface area contributed by atoms with E-state index in [1.807, 2.05) is 0 Å². The van der Waals surface area contributed by atoms with Gasteiger partial charge in [0.15, 0.2) is 0 Å². The molecule has 2 rings (SSSR count). The van der Waals surface area contributed by atoms with E-state index in [1.165, 1.54) is 6.42 Å². The van der Waals surface area contributed by atoms with E-state index in [1.54, 1.807) is 12.3 Å². The number of anilines is 1. The number of aromatic nitrogens is 2. The molecule has 0 bridgehead atoms. The van der Waals surface area contributed by atoms with Crippen molar-refractivity contribution in [1.29, 1.82) is 0 Å². The van der Waals surface area contributed by atoms with Gasteiger partial charge < -0.3 is 11.1 Å². The fourth-order valence-corrected chi connectivity index (χ4v) is 1.46. The third-order valence-corrected chi connectivity index (χ3v) is 2.07. The number of rotatable bonds is 1. The Morgan fingerprint density at radius 3 is 3.17 bits per heavy atom. The highest BCUT2D eigenvalue weighted by Crippen LogP contribution is 2.19. The summed E-state index contributed by atoms with van der Waals surface area (Å²) < 4.78 is 0. The second-order valence-electron chi connectivity index (χ2n) is 2.99. The monoisotopic (exact) mass is 164 g/mol. The highest BCUT2D eigenvalue weighted by Gasteiger charge is 2.18. The van der Waals surface area contributed by atoms with Gasteiger partial charge in [0.05, 0.1) is 6.04 Å². The molecule has 2 heterocycles. The van der Waals surface area contributed by atoms with Crippen LogP contribution in [0.2, 0.25) is 0 Å². The third-order valence-electron chi connectivity index (χ3n) is 2.07. The summed E-state index contributed by atoms with van der Waals surface area (Å²) in [7, 11) is 0. The Morgan fingerprint density at radius 2 is 2.50 bits per heavy atom. The van der Waals surface area contributed by atoms with E-state index in [-0.39, 0.29) is 0 Å². The van der Waals surface area contributed by atoms with E-state index in [2.05, 4.69) is 15.3 Å². The Bertz CT molecular complexity index is 268. The lowest BCUT2D eigenvalue weighted by atomic mass is 10.2. The number of hydrogen-bond donors (Lipinski definition) is 2. The summed E-state index contributed by atoms with van der Waals surface area (Å²) >= 11 is 0. The van der Waals surface area contributed by atoms with Crippen molar-refractivity contribution in [3.63, 3.8) is 0 Å². The second kappa shape index (κ2) is 3.06.